The van der Waals surface area contributed by atoms with Gasteiger partial charge >= 0.3 is 0 Å². The summed E-state index contributed by atoms with van der Waals surface area (Å²) in [5, 5.41) is 10.9. The van der Waals surface area contributed by atoms with Crippen LogP contribution in [0.3, 0.4) is 0 Å². The fraction of sp³-hybridized carbons (Fsp3) is 0.200. The van der Waals surface area contributed by atoms with E-state index in [1.807, 2.05) is 48.9 Å². The average molecular weight is 293 g/mol. The molecule has 0 aliphatic carbocycles. The van der Waals surface area contributed by atoms with Crippen LogP contribution in [0.5, 0.6) is 0 Å². The van der Waals surface area contributed by atoms with Crippen LogP contribution in [0.15, 0.2) is 30.3 Å². The number of anilines is 3. The molecule has 1 aromatic carbocycles. The summed E-state index contributed by atoms with van der Waals surface area (Å²) in [4.78, 5) is 13.3. The number of nitrogens with one attached hydrogen (secondary N) is 2. The summed E-state index contributed by atoms with van der Waals surface area (Å²) < 4.78 is 1.83. The maximum atomic E-state index is 4.57. The zero-order chi connectivity index (χ0) is 15.1. The predicted molar refractivity (Wildman–Crippen MR) is 83.9 cm³/mol. The monoisotopic (exact) mass is 293 g/mol. The van der Waals surface area contributed by atoms with Gasteiger partial charge in [0.15, 0.2) is 5.82 Å². The molecule has 3 aromatic rings. The second kappa shape index (κ2) is 4.80. The minimum Gasteiger partial charge on any atom is -0.366 e. The van der Waals surface area contributed by atoms with Gasteiger partial charge in [-0.25, -0.2) is 14.6 Å². The molecule has 2 N–H and O–H groups in total. The van der Waals surface area contributed by atoms with Crippen LogP contribution in [0.1, 0.15) is 11.4 Å². The van der Waals surface area contributed by atoms with Crippen molar-refractivity contribution in [3.63, 3.8) is 0 Å². The summed E-state index contributed by atoms with van der Waals surface area (Å²) in [5.41, 5.74) is 3.92. The Morgan fingerprint density at radius 1 is 1.05 bits per heavy atom. The number of hydrogen-bond acceptors (Lipinski definition) is 6. The van der Waals surface area contributed by atoms with Crippen LogP contribution in [0, 0.1) is 13.8 Å². The molecule has 0 spiro atoms. The maximum absolute atomic E-state index is 4.57. The number of rotatable bonds is 2. The number of aryl methyl sites for hydroxylation is 2. The molecule has 110 valence electrons. The lowest BCUT2D eigenvalue weighted by atomic mass is 10.1. The molecular weight excluding hydrogens is 278 g/mol. The third-order valence-corrected chi connectivity index (χ3v) is 3.46. The van der Waals surface area contributed by atoms with E-state index in [0.29, 0.717) is 18.6 Å². The highest BCUT2D eigenvalue weighted by Crippen LogP contribution is 2.30. The molecule has 0 fully saturated rings. The van der Waals surface area contributed by atoms with E-state index in [1.165, 1.54) is 0 Å². The van der Waals surface area contributed by atoms with Crippen LogP contribution in [-0.4, -0.2) is 24.7 Å². The first-order valence-corrected chi connectivity index (χ1v) is 7.06. The molecule has 0 saturated heterocycles. The van der Waals surface area contributed by atoms with E-state index in [4.69, 9.17) is 0 Å². The first-order valence-electron chi connectivity index (χ1n) is 7.06. The van der Waals surface area contributed by atoms with Gasteiger partial charge in [0.1, 0.15) is 6.67 Å². The first-order chi connectivity index (χ1) is 10.7. The molecule has 4 rings (SSSR count). The normalized spacial score (nSPS) is 12.3. The van der Waals surface area contributed by atoms with Gasteiger partial charge in [-0.05, 0) is 32.0 Å². The van der Waals surface area contributed by atoms with Crippen LogP contribution < -0.4 is 10.6 Å². The highest BCUT2D eigenvalue weighted by atomic mass is 15.4. The highest BCUT2D eigenvalue weighted by molar-refractivity contribution is 5.75. The molecule has 0 amide bonds. The summed E-state index contributed by atoms with van der Waals surface area (Å²) in [7, 11) is 0. The van der Waals surface area contributed by atoms with Crippen molar-refractivity contribution in [3.8, 4) is 11.4 Å². The Bertz CT molecular complexity index is 833. The Labute approximate surface area is 127 Å². The Morgan fingerprint density at radius 3 is 2.64 bits per heavy atom. The second-order valence-corrected chi connectivity index (χ2v) is 5.24. The number of para-hydroxylation sites is 1. The van der Waals surface area contributed by atoms with Gasteiger partial charge in [-0.2, -0.15) is 4.98 Å². The molecule has 1 aliphatic heterocycles. The van der Waals surface area contributed by atoms with Gasteiger partial charge in [0.25, 0.3) is 0 Å². The van der Waals surface area contributed by atoms with E-state index in [-0.39, 0.29) is 0 Å². The Hall–Kier alpha value is -2.96. The molecule has 0 bridgehead atoms. The van der Waals surface area contributed by atoms with Crippen LogP contribution in [0.25, 0.3) is 11.4 Å². The first kappa shape index (κ1) is 12.8. The zero-order valence-corrected chi connectivity index (χ0v) is 12.3. The Morgan fingerprint density at radius 2 is 1.82 bits per heavy atom. The fourth-order valence-corrected chi connectivity index (χ4v) is 2.58. The standard InChI is InChI=1S/C15H15N7/c1-9-7-10(2)18-14(17-9)20-15-19-13-11-5-3-4-6-12(11)16-8-22(13)21-15/h3-7,16H,8H2,1-2H3,(H,17,18,20,21). The molecule has 22 heavy (non-hydrogen) atoms. The van der Waals surface area contributed by atoms with E-state index in [2.05, 4.69) is 30.7 Å². The minimum absolute atomic E-state index is 0.499. The molecular formula is C15H15N7. The van der Waals surface area contributed by atoms with E-state index >= 15 is 0 Å². The number of benzene rings is 1. The molecule has 2 aromatic heterocycles. The van der Waals surface area contributed by atoms with Crippen molar-refractivity contribution in [2.75, 3.05) is 10.6 Å². The predicted octanol–water partition coefficient (Wildman–Crippen LogP) is 2.48. The fourth-order valence-electron chi connectivity index (χ4n) is 2.58. The lowest BCUT2D eigenvalue weighted by molar-refractivity contribution is 0.668. The van der Waals surface area contributed by atoms with Gasteiger partial charge in [-0.3, -0.25) is 5.32 Å². The topological polar surface area (TPSA) is 80.5 Å². The largest absolute Gasteiger partial charge is 0.366 e. The number of aromatic nitrogens is 5. The van der Waals surface area contributed by atoms with Crippen molar-refractivity contribution < 1.29 is 0 Å². The van der Waals surface area contributed by atoms with Crippen molar-refractivity contribution >= 4 is 17.6 Å². The smallest absolute Gasteiger partial charge is 0.249 e. The van der Waals surface area contributed by atoms with Crippen LogP contribution in [0.2, 0.25) is 0 Å². The summed E-state index contributed by atoms with van der Waals surface area (Å²) in [6, 6.07) is 9.98. The molecule has 0 radical (unpaired) electrons. The second-order valence-electron chi connectivity index (χ2n) is 5.24. The summed E-state index contributed by atoms with van der Waals surface area (Å²) >= 11 is 0. The molecule has 0 unspecified atom stereocenters. The summed E-state index contributed by atoms with van der Waals surface area (Å²) in [6.45, 7) is 4.46. The molecule has 3 heterocycles. The molecule has 7 nitrogen and oxygen atoms in total. The van der Waals surface area contributed by atoms with Gasteiger partial charge in [0, 0.05) is 22.6 Å². The summed E-state index contributed by atoms with van der Waals surface area (Å²) in [6.07, 6.45) is 0. The quantitative estimate of drug-likeness (QED) is 0.755. The van der Waals surface area contributed by atoms with Crippen molar-refractivity contribution in [1.29, 1.82) is 0 Å². The zero-order valence-electron chi connectivity index (χ0n) is 12.3. The van der Waals surface area contributed by atoms with Gasteiger partial charge in [0.2, 0.25) is 11.9 Å². The van der Waals surface area contributed by atoms with E-state index in [0.717, 1.165) is 28.5 Å². The molecule has 7 heteroatoms. The van der Waals surface area contributed by atoms with Gasteiger partial charge < -0.3 is 5.32 Å². The van der Waals surface area contributed by atoms with Crippen molar-refractivity contribution in [2.45, 2.75) is 20.5 Å². The van der Waals surface area contributed by atoms with Crippen LogP contribution in [0.4, 0.5) is 17.6 Å². The van der Waals surface area contributed by atoms with Crippen LogP contribution >= 0.6 is 0 Å². The number of nitrogens with zero attached hydrogens (tertiary/aromatic N) is 5. The van der Waals surface area contributed by atoms with E-state index in [1.54, 1.807) is 0 Å². The Balaban J connectivity index is 1.70. The highest BCUT2D eigenvalue weighted by Gasteiger charge is 2.19. The molecule has 0 saturated carbocycles. The van der Waals surface area contributed by atoms with Crippen molar-refractivity contribution in [3.05, 3.63) is 41.7 Å². The van der Waals surface area contributed by atoms with E-state index in [9.17, 15) is 0 Å². The third kappa shape index (κ3) is 2.16. The van der Waals surface area contributed by atoms with Gasteiger partial charge in [0.05, 0.1) is 0 Å². The van der Waals surface area contributed by atoms with Crippen LogP contribution in [-0.2, 0) is 6.67 Å². The summed E-state index contributed by atoms with van der Waals surface area (Å²) in [5.74, 6) is 1.85. The number of hydrogen-bond donors (Lipinski definition) is 2. The lowest BCUT2D eigenvalue weighted by Gasteiger charge is -2.17. The van der Waals surface area contributed by atoms with Crippen molar-refractivity contribution in [2.24, 2.45) is 0 Å². The minimum atomic E-state index is 0.499. The third-order valence-electron chi connectivity index (χ3n) is 3.46. The lowest BCUT2D eigenvalue weighted by Crippen LogP contribution is -2.16. The maximum Gasteiger partial charge on any atom is 0.249 e. The number of fused-ring (bicyclic) bond motifs is 3. The van der Waals surface area contributed by atoms with Gasteiger partial charge in [-0.15, -0.1) is 5.10 Å². The SMILES string of the molecule is Cc1cc(C)nc(Nc2nc3n(n2)CNc2ccccc2-3)n1. The Kier molecular flexibility index (Phi) is 2.78. The molecule has 1 aliphatic rings. The van der Waals surface area contributed by atoms with Gasteiger partial charge in [-0.1, -0.05) is 12.1 Å². The average Bonchev–Trinajstić information content (AvgIpc) is 2.89. The molecule has 0 atom stereocenters. The van der Waals surface area contributed by atoms with E-state index < -0.39 is 0 Å². The van der Waals surface area contributed by atoms with Crippen molar-refractivity contribution in [1.82, 2.24) is 24.7 Å².